The van der Waals surface area contributed by atoms with E-state index in [-0.39, 0.29) is 41.7 Å². The molecule has 0 radical (unpaired) electrons. The molecule has 1 unspecified atom stereocenters. The van der Waals surface area contributed by atoms with Crippen molar-refractivity contribution in [1.29, 1.82) is 0 Å². The highest BCUT2D eigenvalue weighted by atomic mass is 32.2. The molecule has 1 saturated heterocycles. The summed E-state index contributed by atoms with van der Waals surface area (Å²) >= 11 is 0. The summed E-state index contributed by atoms with van der Waals surface area (Å²) in [6, 6.07) is 9.25. The zero-order valence-electron chi connectivity index (χ0n) is 16.2. The fraction of sp³-hybridized carbons (Fsp3) is 0.476. The fourth-order valence-corrected chi connectivity index (χ4v) is 5.41. The third-order valence-electron chi connectivity index (χ3n) is 5.38. The lowest BCUT2D eigenvalue weighted by atomic mass is 10.0. The molecule has 1 fully saturated rings. The number of hydrogen-bond donors (Lipinski definition) is 0. The molecule has 0 aliphatic carbocycles. The van der Waals surface area contributed by atoms with Crippen LogP contribution in [0.25, 0.3) is 11.3 Å². The largest absolute Gasteiger partial charge is 0.459 e. The lowest BCUT2D eigenvalue weighted by molar-refractivity contribution is -0.138. The Balaban J connectivity index is 1.83. The van der Waals surface area contributed by atoms with Gasteiger partial charge in [-0.2, -0.15) is 0 Å². The summed E-state index contributed by atoms with van der Waals surface area (Å²) < 4.78 is 42.9. The van der Waals surface area contributed by atoms with Gasteiger partial charge in [0.2, 0.25) is 5.91 Å². The first-order valence-corrected chi connectivity index (χ1v) is 11.5. The van der Waals surface area contributed by atoms with Crippen molar-refractivity contribution in [3.05, 3.63) is 48.0 Å². The second kappa shape index (κ2) is 8.47. The SMILES string of the molecule is CCC(CC)C(=O)N(Cc1ccc(-c2ccc(F)cc2)o1)C1CCS(=O)(=O)C1. The van der Waals surface area contributed by atoms with E-state index < -0.39 is 9.84 Å². The van der Waals surface area contributed by atoms with Gasteiger partial charge < -0.3 is 9.32 Å². The highest BCUT2D eigenvalue weighted by Gasteiger charge is 2.36. The molecule has 3 rings (SSSR count). The number of carbonyl (C=O) groups excluding carboxylic acids is 1. The van der Waals surface area contributed by atoms with Crippen LogP contribution in [0, 0.1) is 11.7 Å². The van der Waals surface area contributed by atoms with Crippen LogP contribution in [0.2, 0.25) is 0 Å². The van der Waals surface area contributed by atoms with Crippen LogP contribution in [0.1, 0.15) is 38.9 Å². The number of amides is 1. The lowest BCUT2D eigenvalue weighted by Crippen LogP contribution is -2.43. The van der Waals surface area contributed by atoms with Crippen molar-refractivity contribution in [3.63, 3.8) is 0 Å². The third-order valence-corrected chi connectivity index (χ3v) is 7.13. The number of rotatable bonds is 7. The Morgan fingerprint density at radius 2 is 1.86 bits per heavy atom. The highest BCUT2D eigenvalue weighted by molar-refractivity contribution is 7.91. The van der Waals surface area contributed by atoms with Crippen molar-refractivity contribution < 1.29 is 22.0 Å². The van der Waals surface area contributed by atoms with Crippen LogP contribution in [-0.2, 0) is 21.2 Å². The first-order chi connectivity index (χ1) is 13.3. The van der Waals surface area contributed by atoms with Crippen LogP contribution in [0.15, 0.2) is 40.8 Å². The maximum atomic E-state index is 13.1. The molecule has 1 aliphatic rings. The average Bonchev–Trinajstić information content (AvgIpc) is 3.27. The van der Waals surface area contributed by atoms with Gasteiger partial charge in [0.15, 0.2) is 9.84 Å². The molecule has 0 N–H and O–H groups in total. The monoisotopic (exact) mass is 407 g/mol. The van der Waals surface area contributed by atoms with Gasteiger partial charge in [-0.3, -0.25) is 4.79 Å². The Hall–Kier alpha value is -2.15. The summed E-state index contributed by atoms with van der Waals surface area (Å²) in [7, 11) is -3.11. The van der Waals surface area contributed by atoms with Gasteiger partial charge in [0.25, 0.3) is 0 Å². The van der Waals surface area contributed by atoms with Gasteiger partial charge in [0.05, 0.1) is 18.1 Å². The van der Waals surface area contributed by atoms with E-state index in [2.05, 4.69) is 0 Å². The Labute approximate surface area is 165 Å². The molecular weight excluding hydrogens is 381 g/mol. The van der Waals surface area contributed by atoms with Crippen molar-refractivity contribution in [2.75, 3.05) is 11.5 Å². The number of nitrogens with zero attached hydrogens (tertiary/aromatic N) is 1. The summed E-state index contributed by atoms with van der Waals surface area (Å²) in [6.45, 7) is 4.17. The second-order valence-electron chi connectivity index (χ2n) is 7.31. The minimum absolute atomic E-state index is 0.00438. The topological polar surface area (TPSA) is 67.6 Å². The lowest BCUT2D eigenvalue weighted by Gasteiger charge is -2.30. The highest BCUT2D eigenvalue weighted by Crippen LogP contribution is 2.27. The van der Waals surface area contributed by atoms with Crippen LogP contribution in [0.4, 0.5) is 4.39 Å². The molecule has 1 aromatic heterocycles. The Morgan fingerprint density at radius 3 is 2.43 bits per heavy atom. The van der Waals surface area contributed by atoms with Crippen molar-refractivity contribution in [2.45, 2.75) is 45.7 Å². The van der Waals surface area contributed by atoms with E-state index in [9.17, 15) is 17.6 Å². The first kappa shape index (κ1) is 20.6. The van der Waals surface area contributed by atoms with Crippen molar-refractivity contribution in [3.8, 4) is 11.3 Å². The number of furan rings is 1. The molecular formula is C21H26FNO4S. The van der Waals surface area contributed by atoms with Crippen LogP contribution >= 0.6 is 0 Å². The van der Waals surface area contributed by atoms with E-state index in [4.69, 9.17) is 4.42 Å². The fourth-order valence-electron chi connectivity index (χ4n) is 3.68. The van der Waals surface area contributed by atoms with Crippen LogP contribution < -0.4 is 0 Å². The van der Waals surface area contributed by atoms with Gasteiger partial charge in [0.1, 0.15) is 17.3 Å². The summed E-state index contributed by atoms with van der Waals surface area (Å²) in [6.07, 6.45) is 1.88. The van der Waals surface area contributed by atoms with E-state index in [1.54, 1.807) is 29.2 Å². The molecule has 152 valence electrons. The zero-order valence-corrected chi connectivity index (χ0v) is 17.0. The maximum Gasteiger partial charge on any atom is 0.226 e. The molecule has 5 nitrogen and oxygen atoms in total. The van der Waals surface area contributed by atoms with Crippen molar-refractivity contribution in [1.82, 2.24) is 4.90 Å². The minimum Gasteiger partial charge on any atom is -0.459 e. The molecule has 2 aromatic rings. The molecule has 0 bridgehead atoms. The standard InChI is InChI=1S/C21H26FNO4S/c1-3-15(4-2)21(24)23(18-11-12-28(25,26)14-18)13-19-9-10-20(27-19)16-5-7-17(22)8-6-16/h5-10,15,18H,3-4,11-14H2,1-2H3. The smallest absolute Gasteiger partial charge is 0.226 e. The van der Waals surface area contributed by atoms with E-state index >= 15 is 0 Å². The summed E-state index contributed by atoms with van der Waals surface area (Å²) in [5.74, 6) is 0.821. The van der Waals surface area contributed by atoms with Gasteiger partial charge >= 0.3 is 0 Å². The predicted molar refractivity (Wildman–Crippen MR) is 106 cm³/mol. The number of sulfone groups is 1. The van der Waals surface area contributed by atoms with Gasteiger partial charge in [0, 0.05) is 17.5 Å². The van der Waals surface area contributed by atoms with Gasteiger partial charge in [-0.15, -0.1) is 0 Å². The summed E-state index contributed by atoms with van der Waals surface area (Å²) in [5.41, 5.74) is 0.744. The molecule has 2 heterocycles. The molecule has 0 saturated carbocycles. The van der Waals surface area contributed by atoms with E-state index in [0.717, 1.165) is 5.56 Å². The molecule has 1 amide bonds. The molecule has 28 heavy (non-hydrogen) atoms. The van der Waals surface area contributed by atoms with Crippen LogP contribution in [-0.4, -0.2) is 36.8 Å². The van der Waals surface area contributed by atoms with Gasteiger partial charge in [-0.25, -0.2) is 12.8 Å². The van der Waals surface area contributed by atoms with E-state index in [0.29, 0.717) is 30.8 Å². The van der Waals surface area contributed by atoms with Crippen molar-refractivity contribution >= 4 is 15.7 Å². The maximum absolute atomic E-state index is 13.1. The number of hydrogen-bond acceptors (Lipinski definition) is 4. The summed E-state index contributed by atoms with van der Waals surface area (Å²) in [5, 5.41) is 0. The van der Waals surface area contributed by atoms with Crippen LogP contribution in [0.3, 0.4) is 0 Å². The average molecular weight is 408 g/mol. The first-order valence-electron chi connectivity index (χ1n) is 9.68. The molecule has 1 aromatic carbocycles. The van der Waals surface area contributed by atoms with E-state index in [1.807, 2.05) is 13.8 Å². The quantitative estimate of drug-likeness (QED) is 0.695. The van der Waals surface area contributed by atoms with Gasteiger partial charge in [-0.05, 0) is 55.7 Å². The Morgan fingerprint density at radius 1 is 1.18 bits per heavy atom. The molecule has 0 spiro atoms. The van der Waals surface area contributed by atoms with Gasteiger partial charge in [-0.1, -0.05) is 13.8 Å². The van der Waals surface area contributed by atoms with Crippen LogP contribution in [0.5, 0.6) is 0 Å². The molecule has 1 atom stereocenters. The van der Waals surface area contributed by atoms with E-state index in [1.165, 1.54) is 12.1 Å². The molecule has 7 heteroatoms. The Kier molecular flexibility index (Phi) is 6.23. The zero-order chi connectivity index (χ0) is 20.3. The summed E-state index contributed by atoms with van der Waals surface area (Å²) in [4.78, 5) is 14.7. The third kappa shape index (κ3) is 4.63. The predicted octanol–water partition coefficient (Wildman–Crippen LogP) is 4.04. The van der Waals surface area contributed by atoms with Crippen molar-refractivity contribution in [2.24, 2.45) is 5.92 Å². The number of carbonyl (C=O) groups is 1. The minimum atomic E-state index is -3.11. The molecule has 1 aliphatic heterocycles. The normalized spacial score (nSPS) is 18.5. The Bertz CT molecular complexity index is 916. The number of halogens is 1. The second-order valence-corrected chi connectivity index (χ2v) is 9.54. The number of benzene rings is 1.